The first-order valence-electron chi connectivity index (χ1n) is 25.0. The van der Waals surface area contributed by atoms with Gasteiger partial charge in [0.1, 0.15) is 17.8 Å². The van der Waals surface area contributed by atoms with Gasteiger partial charge in [-0.1, -0.05) is 89.2 Å². The number of ether oxygens (including phenoxy) is 4. The molecule has 3 aromatic rings. The first kappa shape index (κ1) is 57.8. The van der Waals surface area contributed by atoms with Gasteiger partial charge in [0, 0.05) is 36.4 Å². The molecule has 3 atom stereocenters. The molecule has 0 radical (unpaired) electrons. The smallest absolute Gasteiger partial charge is 0.312 e. The molecule has 0 bridgehead atoms. The molecule has 0 aliphatic carbocycles. The Morgan fingerprint density at radius 3 is 1.96 bits per heavy atom. The maximum absolute atomic E-state index is 13.6. The highest BCUT2D eigenvalue weighted by molar-refractivity contribution is 6.00. The number of amides is 6. The zero-order valence-electron chi connectivity index (χ0n) is 42.5. The van der Waals surface area contributed by atoms with Crippen LogP contribution in [0.5, 0.6) is 0 Å². The number of fused-ring (bicyclic) bond motifs is 5. The summed E-state index contributed by atoms with van der Waals surface area (Å²) in [6.07, 6.45) is 2.63. The van der Waals surface area contributed by atoms with Crippen molar-refractivity contribution in [3.8, 4) is 22.5 Å². The van der Waals surface area contributed by atoms with E-state index in [2.05, 4.69) is 31.6 Å². The van der Waals surface area contributed by atoms with Crippen molar-refractivity contribution >= 4 is 41.1 Å². The van der Waals surface area contributed by atoms with Crippen molar-refractivity contribution in [2.45, 2.75) is 118 Å². The lowest BCUT2D eigenvalue weighted by Crippen LogP contribution is -2.57. The minimum atomic E-state index is -0.983. The van der Waals surface area contributed by atoms with E-state index in [9.17, 15) is 28.8 Å². The van der Waals surface area contributed by atoms with Gasteiger partial charge in [-0.05, 0) is 62.1 Å². The summed E-state index contributed by atoms with van der Waals surface area (Å²) in [5.41, 5.74) is 16.1. The van der Waals surface area contributed by atoms with Crippen LogP contribution in [-0.4, -0.2) is 135 Å². The number of hydrogen-bond donors (Lipinski definition) is 6. The van der Waals surface area contributed by atoms with Crippen LogP contribution in [0, 0.1) is 17.8 Å². The summed E-state index contributed by atoms with van der Waals surface area (Å²) in [6.45, 7) is 15.1. The minimum absolute atomic E-state index is 0.000166. The van der Waals surface area contributed by atoms with Crippen molar-refractivity contribution in [1.82, 2.24) is 36.3 Å². The number of nitrogens with one attached hydrogen (secondary N) is 4. The number of primary amides is 1. The van der Waals surface area contributed by atoms with E-state index in [4.69, 9.17) is 30.4 Å². The highest BCUT2D eigenvalue weighted by Crippen LogP contribution is 2.41. The molecule has 0 saturated carbocycles. The summed E-state index contributed by atoms with van der Waals surface area (Å²) in [5.74, 6) is -2.03. The van der Waals surface area contributed by atoms with E-state index < -0.39 is 41.9 Å². The average Bonchev–Trinajstić information content (AvgIpc) is 3.74. The predicted octanol–water partition coefficient (Wildman–Crippen LogP) is 3.87. The summed E-state index contributed by atoms with van der Waals surface area (Å²) < 4.78 is 24.7. The minimum Gasteiger partial charge on any atom is -0.379 e. The first-order chi connectivity index (χ1) is 34.1. The lowest BCUT2D eigenvalue weighted by molar-refractivity contribution is -0.135. The number of anilines is 1. The Labute approximate surface area is 418 Å². The molecule has 1 aromatic heterocycles. The molecule has 6 amide bonds. The van der Waals surface area contributed by atoms with Crippen molar-refractivity contribution in [3.05, 3.63) is 54.1 Å². The standard InChI is InChI=1S/C51H78N10O10/c1-34(2)32-44(63)60-33-37-14-7-8-15-38(37)46-47(39-16-9-10-19-42(39)60)61(59-58-46)23-25-69-27-29-71-31-30-70-28-26-68-24-20-43(62)55-41(17-11-12-21-52)49(65)57-45(35(3)4)50(66)56-40(48(64)36(5)6)18-13-22-54-51(53)67/h7-10,14-16,19,34-36,40-41,45H,11-13,17-18,20-33,52H2,1-6H3,(H,55,62)(H,56,66)(H,57,65)(H3,53,54,67). The van der Waals surface area contributed by atoms with Crippen molar-refractivity contribution in [2.24, 2.45) is 29.2 Å². The fourth-order valence-corrected chi connectivity index (χ4v) is 8.02. The molecule has 392 valence electrons. The number of nitrogens with zero attached hydrogens (tertiary/aromatic N) is 4. The number of carbonyl (C=O) groups is 6. The van der Waals surface area contributed by atoms with Gasteiger partial charge in [-0.25, -0.2) is 9.48 Å². The third kappa shape index (κ3) is 19.0. The topological polar surface area (TPSA) is 273 Å². The van der Waals surface area contributed by atoms with Gasteiger partial charge in [0.05, 0.1) is 83.4 Å². The molecular weight excluding hydrogens is 913 g/mol. The van der Waals surface area contributed by atoms with Gasteiger partial charge < -0.3 is 56.6 Å². The van der Waals surface area contributed by atoms with E-state index in [1.807, 2.05) is 72.0 Å². The number of carbonyl (C=O) groups excluding carboxylic acids is 6. The largest absolute Gasteiger partial charge is 0.379 e. The average molecular weight is 991 g/mol. The predicted molar refractivity (Wildman–Crippen MR) is 270 cm³/mol. The number of Topliss-reactive ketones (excluding diaryl/α,β-unsaturated/α-hetero) is 1. The Kier molecular flexibility index (Phi) is 25.1. The number of unbranched alkanes of at least 4 members (excludes halogenated alkanes) is 1. The molecule has 0 spiro atoms. The molecule has 2 heterocycles. The van der Waals surface area contributed by atoms with E-state index in [1.54, 1.807) is 27.7 Å². The summed E-state index contributed by atoms with van der Waals surface area (Å²) in [4.78, 5) is 79.5. The maximum atomic E-state index is 13.6. The first-order valence-corrected chi connectivity index (χ1v) is 25.0. The second-order valence-corrected chi connectivity index (χ2v) is 18.6. The van der Waals surface area contributed by atoms with E-state index in [0.29, 0.717) is 84.8 Å². The summed E-state index contributed by atoms with van der Waals surface area (Å²) in [5, 5.41) is 20.0. The van der Waals surface area contributed by atoms with Crippen LogP contribution in [0.25, 0.3) is 22.5 Å². The second-order valence-electron chi connectivity index (χ2n) is 18.6. The molecule has 1 aliphatic heterocycles. The number of para-hydroxylation sites is 1. The van der Waals surface area contributed by atoms with Crippen molar-refractivity contribution in [3.63, 3.8) is 0 Å². The van der Waals surface area contributed by atoms with Crippen molar-refractivity contribution < 1.29 is 47.7 Å². The Morgan fingerprint density at radius 1 is 0.704 bits per heavy atom. The van der Waals surface area contributed by atoms with Gasteiger partial charge >= 0.3 is 6.03 Å². The van der Waals surface area contributed by atoms with Crippen LogP contribution in [0.15, 0.2) is 48.5 Å². The molecule has 0 fully saturated rings. The van der Waals surface area contributed by atoms with Crippen LogP contribution < -0.4 is 37.6 Å². The van der Waals surface area contributed by atoms with Gasteiger partial charge in [0.2, 0.25) is 23.6 Å². The highest BCUT2D eigenvalue weighted by atomic mass is 16.6. The SMILES string of the molecule is CC(C)CC(=O)N1Cc2ccccc2-c2nnn(CCOCCOCCOCCOCCC(=O)NC(CCCCN)C(=O)NC(C(=O)NC(CCCNC(N)=O)C(=O)C(C)C)C(C)C)c2-c2ccccc21. The van der Waals surface area contributed by atoms with E-state index in [0.717, 1.165) is 33.8 Å². The van der Waals surface area contributed by atoms with Crippen molar-refractivity contribution in [1.29, 1.82) is 0 Å². The number of nitrogens with two attached hydrogens (primary N) is 2. The summed E-state index contributed by atoms with van der Waals surface area (Å²) in [7, 11) is 0. The van der Waals surface area contributed by atoms with Gasteiger partial charge in [-0.15, -0.1) is 5.10 Å². The molecule has 3 unspecified atom stereocenters. The molecule has 4 rings (SSSR count). The third-order valence-corrected chi connectivity index (χ3v) is 11.8. The molecule has 0 saturated heterocycles. The summed E-state index contributed by atoms with van der Waals surface area (Å²) in [6, 6.07) is 12.5. The zero-order chi connectivity index (χ0) is 51.7. The monoisotopic (exact) mass is 991 g/mol. The van der Waals surface area contributed by atoms with E-state index in [1.165, 1.54) is 0 Å². The normalized spacial score (nSPS) is 13.4. The van der Waals surface area contributed by atoms with Crippen molar-refractivity contribution in [2.75, 3.05) is 70.8 Å². The Balaban J connectivity index is 1.14. The summed E-state index contributed by atoms with van der Waals surface area (Å²) >= 11 is 0. The molecule has 1 aliphatic rings. The Bertz CT molecular complexity index is 2170. The highest BCUT2D eigenvalue weighted by Gasteiger charge is 2.33. The molecule has 2 aromatic carbocycles. The lowest BCUT2D eigenvalue weighted by Gasteiger charge is -2.29. The van der Waals surface area contributed by atoms with Gasteiger partial charge in [0.15, 0.2) is 5.78 Å². The molecular formula is C51H78N10O10. The molecule has 71 heavy (non-hydrogen) atoms. The van der Waals surface area contributed by atoms with Gasteiger partial charge in [0.25, 0.3) is 0 Å². The quantitative estimate of drug-likeness (QED) is 0.0474. The Hall–Kier alpha value is -5.80. The van der Waals surface area contributed by atoms with Crippen LogP contribution in [0.1, 0.15) is 92.1 Å². The number of ketones is 1. The second kappa shape index (κ2) is 30.8. The number of aromatic nitrogens is 3. The van der Waals surface area contributed by atoms with E-state index >= 15 is 0 Å². The Morgan fingerprint density at radius 2 is 1.32 bits per heavy atom. The van der Waals surface area contributed by atoms with Gasteiger partial charge in [-0.2, -0.15) is 0 Å². The number of rotatable bonds is 33. The lowest BCUT2D eigenvalue weighted by atomic mass is 9.95. The van der Waals surface area contributed by atoms with Crippen LogP contribution in [0.3, 0.4) is 0 Å². The van der Waals surface area contributed by atoms with Crippen LogP contribution >= 0.6 is 0 Å². The van der Waals surface area contributed by atoms with E-state index in [-0.39, 0.29) is 68.7 Å². The van der Waals surface area contributed by atoms with Crippen LogP contribution in [0.4, 0.5) is 10.5 Å². The maximum Gasteiger partial charge on any atom is 0.312 e. The fraction of sp³-hybridized carbons (Fsp3) is 0.608. The number of benzene rings is 2. The van der Waals surface area contributed by atoms with Gasteiger partial charge in [-0.3, -0.25) is 24.0 Å². The molecule has 20 nitrogen and oxygen atoms in total. The zero-order valence-corrected chi connectivity index (χ0v) is 42.5. The fourth-order valence-electron chi connectivity index (χ4n) is 8.02. The molecule has 20 heteroatoms. The number of urea groups is 1. The number of hydrogen-bond acceptors (Lipinski definition) is 13. The van der Waals surface area contributed by atoms with Crippen LogP contribution in [-0.2, 0) is 56.0 Å². The third-order valence-electron chi connectivity index (χ3n) is 11.8. The molecule has 8 N–H and O–H groups in total. The van der Waals surface area contributed by atoms with Crippen LogP contribution in [0.2, 0.25) is 0 Å².